The highest BCUT2D eigenvalue weighted by molar-refractivity contribution is 5.63. The number of hydrogen-bond acceptors (Lipinski definition) is 3. The number of hydrogen-bond donors (Lipinski definition) is 1. The van der Waals surface area contributed by atoms with E-state index in [2.05, 4.69) is 5.32 Å². The van der Waals surface area contributed by atoms with Crippen LogP contribution in [0, 0.1) is 22.9 Å². The highest BCUT2D eigenvalue weighted by atomic mass is 19.1. The number of benzene rings is 2. The molecule has 0 heterocycles. The van der Waals surface area contributed by atoms with Gasteiger partial charge in [-0.1, -0.05) is 37.3 Å². The normalized spacial score (nSPS) is 12.0. The lowest BCUT2D eigenvalue weighted by Gasteiger charge is -2.14. The van der Waals surface area contributed by atoms with Gasteiger partial charge in [0.15, 0.2) is 0 Å². The number of nitro benzene ring substituents is 1. The van der Waals surface area contributed by atoms with Crippen LogP contribution in [-0.2, 0) is 0 Å². The Morgan fingerprint density at radius 3 is 2.57 bits per heavy atom. The van der Waals surface area contributed by atoms with E-state index in [4.69, 9.17) is 0 Å². The molecule has 0 aliphatic carbocycles. The molecule has 2 aromatic rings. The molecule has 21 heavy (non-hydrogen) atoms. The Morgan fingerprint density at radius 2 is 1.95 bits per heavy atom. The molecule has 1 atom stereocenters. The van der Waals surface area contributed by atoms with E-state index in [9.17, 15) is 14.5 Å². The molecule has 1 N–H and O–H groups in total. The molecule has 0 aromatic heterocycles. The van der Waals surface area contributed by atoms with Crippen LogP contribution in [0.3, 0.4) is 0 Å². The summed E-state index contributed by atoms with van der Waals surface area (Å²) in [5.41, 5.74) is 1.64. The Kier molecular flexibility index (Phi) is 4.52. The molecule has 0 aliphatic heterocycles. The van der Waals surface area contributed by atoms with Gasteiger partial charge in [-0.25, -0.2) is 4.39 Å². The molecule has 2 rings (SSSR count). The largest absolute Gasteiger partial charge is 0.379 e. The zero-order valence-corrected chi connectivity index (χ0v) is 12.0. The fraction of sp³-hybridized carbons (Fsp3) is 0.250. The number of halogens is 1. The number of rotatable bonds is 5. The van der Waals surface area contributed by atoms with Gasteiger partial charge in [-0.05, 0) is 30.0 Å². The lowest BCUT2D eigenvalue weighted by atomic mass is 10.0. The van der Waals surface area contributed by atoms with Crippen LogP contribution in [0.15, 0.2) is 42.5 Å². The molecule has 0 saturated carbocycles. The van der Waals surface area contributed by atoms with Crippen molar-refractivity contribution in [1.82, 2.24) is 0 Å². The van der Waals surface area contributed by atoms with Gasteiger partial charge in [0.1, 0.15) is 11.5 Å². The second kappa shape index (κ2) is 6.35. The molecule has 0 fully saturated rings. The molecule has 0 aliphatic rings. The average molecular weight is 288 g/mol. The molecule has 1 unspecified atom stereocenters. The van der Waals surface area contributed by atoms with Gasteiger partial charge in [-0.3, -0.25) is 10.1 Å². The van der Waals surface area contributed by atoms with E-state index in [0.29, 0.717) is 17.8 Å². The van der Waals surface area contributed by atoms with Crippen molar-refractivity contribution in [1.29, 1.82) is 0 Å². The first-order valence-corrected chi connectivity index (χ1v) is 6.72. The summed E-state index contributed by atoms with van der Waals surface area (Å²) < 4.78 is 13.5. The number of aryl methyl sites for hydroxylation is 1. The van der Waals surface area contributed by atoms with Crippen LogP contribution in [-0.4, -0.2) is 11.5 Å². The summed E-state index contributed by atoms with van der Waals surface area (Å²) >= 11 is 0. The predicted octanol–water partition coefficient (Wildman–Crippen LogP) is 4.26. The highest BCUT2D eigenvalue weighted by Crippen LogP contribution is 2.28. The van der Waals surface area contributed by atoms with Crippen LogP contribution in [0.5, 0.6) is 0 Å². The van der Waals surface area contributed by atoms with Gasteiger partial charge in [-0.15, -0.1) is 0 Å². The molecule has 0 bridgehead atoms. The van der Waals surface area contributed by atoms with E-state index < -0.39 is 10.7 Å². The van der Waals surface area contributed by atoms with Gasteiger partial charge in [0.05, 0.1) is 11.0 Å². The topological polar surface area (TPSA) is 55.2 Å². The lowest BCUT2D eigenvalue weighted by Crippen LogP contribution is -2.11. The van der Waals surface area contributed by atoms with Crippen molar-refractivity contribution in [2.45, 2.75) is 19.8 Å². The first-order valence-electron chi connectivity index (χ1n) is 6.72. The maximum absolute atomic E-state index is 13.5. The number of nitro groups is 1. The monoisotopic (exact) mass is 288 g/mol. The summed E-state index contributed by atoms with van der Waals surface area (Å²) in [5, 5.41) is 14.1. The number of nitrogens with zero attached hydrogens (tertiary/aromatic N) is 1. The van der Waals surface area contributed by atoms with Crippen LogP contribution in [0.25, 0.3) is 0 Å². The SMILES string of the molecule is Cc1cc(NCC(C)c2ccccc2)c([N+](=O)[O-])cc1F. The van der Waals surface area contributed by atoms with E-state index >= 15 is 0 Å². The minimum absolute atomic E-state index is 0.191. The maximum atomic E-state index is 13.5. The fourth-order valence-corrected chi connectivity index (χ4v) is 2.13. The molecule has 0 spiro atoms. The Balaban J connectivity index is 2.16. The molecule has 0 amide bonds. The smallest absolute Gasteiger partial charge is 0.295 e. The van der Waals surface area contributed by atoms with Crippen molar-refractivity contribution < 1.29 is 9.31 Å². The third kappa shape index (κ3) is 3.56. The standard InChI is InChI=1S/C16H17FN2O2/c1-11-8-15(16(19(20)21)9-14(11)17)18-10-12(2)13-6-4-3-5-7-13/h3-9,12,18H,10H2,1-2H3. The average Bonchev–Trinajstić information content (AvgIpc) is 2.48. The Bertz CT molecular complexity index is 644. The van der Waals surface area contributed by atoms with Gasteiger partial charge in [-0.2, -0.15) is 0 Å². The van der Waals surface area contributed by atoms with E-state index in [1.807, 2.05) is 37.3 Å². The number of nitrogens with one attached hydrogen (secondary N) is 1. The van der Waals surface area contributed by atoms with Crippen LogP contribution < -0.4 is 5.32 Å². The Labute approximate surface area is 122 Å². The molecule has 0 radical (unpaired) electrons. The summed E-state index contributed by atoms with van der Waals surface area (Å²) in [6.07, 6.45) is 0. The van der Waals surface area contributed by atoms with Crippen molar-refractivity contribution in [2.75, 3.05) is 11.9 Å². The zero-order valence-electron chi connectivity index (χ0n) is 12.0. The molecular weight excluding hydrogens is 271 g/mol. The second-order valence-corrected chi connectivity index (χ2v) is 5.07. The first-order chi connectivity index (χ1) is 9.99. The van der Waals surface area contributed by atoms with E-state index in [-0.39, 0.29) is 11.6 Å². The summed E-state index contributed by atoms with van der Waals surface area (Å²) in [6, 6.07) is 12.3. The number of anilines is 1. The molecule has 0 saturated heterocycles. The van der Waals surface area contributed by atoms with Crippen molar-refractivity contribution in [3.05, 3.63) is 69.5 Å². The first kappa shape index (κ1) is 15.0. The fourth-order valence-electron chi connectivity index (χ4n) is 2.13. The van der Waals surface area contributed by atoms with Gasteiger partial charge >= 0.3 is 0 Å². The van der Waals surface area contributed by atoms with Crippen molar-refractivity contribution >= 4 is 11.4 Å². The summed E-state index contributed by atoms with van der Waals surface area (Å²) in [5.74, 6) is -0.375. The predicted molar refractivity (Wildman–Crippen MR) is 81.1 cm³/mol. The second-order valence-electron chi connectivity index (χ2n) is 5.07. The van der Waals surface area contributed by atoms with Crippen LogP contribution in [0.2, 0.25) is 0 Å². The Morgan fingerprint density at radius 1 is 1.29 bits per heavy atom. The Hall–Kier alpha value is -2.43. The zero-order chi connectivity index (χ0) is 15.4. The van der Waals surface area contributed by atoms with Gasteiger partial charge < -0.3 is 5.32 Å². The third-order valence-electron chi connectivity index (χ3n) is 3.44. The van der Waals surface area contributed by atoms with E-state index in [1.54, 1.807) is 6.92 Å². The molecule has 5 heteroatoms. The van der Waals surface area contributed by atoms with Crippen LogP contribution in [0.4, 0.5) is 15.8 Å². The maximum Gasteiger partial charge on any atom is 0.295 e. The van der Waals surface area contributed by atoms with Crippen molar-refractivity contribution in [3.63, 3.8) is 0 Å². The molecular formula is C16H17FN2O2. The molecule has 2 aromatic carbocycles. The lowest BCUT2D eigenvalue weighted by molar-refractivity contribution is -0.384. The summed E-state index contributed by atoms with van der Waals surface area (Å²) in [6.45, 7) is 4.16. The highest BCUT2D eigenvalue weighted by Gasteiger charge is 2.17. The quantitative estimate of drug-likeness (QED) is 0.660. The summed E-state index contributed by atoms with van der Waals surface area (Å²) in [4.78, 5) is 10.4. The van der Waals surface area contributed by atoms with Gasteiger partial charge in [0, 0.05) is 6.54 Å². The molecule has 4 nitrogen and oxygen atoms in total. The minimum Gasteiger partial charge on any atom is -0.379 e. The van der Waals surface area contributed by atoms with Gasteiger partial charge in [0.25, 0.3) is 5.69 Å². The van der Waals surface area contributed by atoms with E-state index in [0.717, 1.165) is 11.6 Å². The van der Waals surface area contributed by atoms with Crippen molar-refractivity contribution in [3.8, 4) is 0 Å². The van der Waals surface area contributed by atoms with E-state index in [1.165, 1.54) is 6.07 Å². The van der Waals surface area contributed by atoms with Crippen LogP contribution >= 0.6 is 0 Å². The third-order valence-corrected chi connectivity index (χ3v) is 3.44. The van der Waals surface area contributed by atoms with Crippen LogP contribution in [0.1, 0.15) is 24.0 Å². The van der Waals surface area contributed by atoms with Crippen molar-refractivity contribution in [2.24, 2.45) is 0 Å². The molecule has 110 valence electrons. The summed E-state index contributed by atoms with van der Waals surface area (Å²) in [7, 11) is 0. The minimum atomic E-state index is -0.571. The van der Waals surface area contributed by atoms with Gasteiger partial charge in [0.2, 0.25) is 0 Å².